The van der Waals surface area contributed by atoms with Crippen LogP contribution in [0.4, 0.5) is 40.3 Å². The molecule has 1 fully saturated rings. The number of benzene rings is 2. The number of ether oxygens (including phenoxy) is 1. The van der Waals surface area contributed by atoms with Gasteiger partial charge in [-0.05, 0) is 94.0 Å². The molecule has 6 nitrogen and oxygen atoms in total. The first kappa shape index (κ1) is 32.0. The van der Waals surface area contributed by atoms with Crippen LogP contribution in [0.2, 0.25) is 0 Å². The number of hydrogen-bond donors (Lipinski definition) is 2. The van der Waals surface area contributed by atoms with Gasteiger partial charge in [-0.15, -0.1) is 0 Å². The highest BCUT2D eigenvalue weighted by molar-refractivity contribution is 5.75. The van der Waals surface area contributed by atoms with Crippen LogP contribution in [0.25, 0.3) is 0 Å². The highest BCUT2D eigenvalue weighted by Crippen LogP contribution is 2.37. The summed E-state index contributed by atoms with van der Waals surface area (Å²) in [7, 11) is 0. The van der Waals surface area contributed by atoms with E-state index < -0.39 is 53.1 Å². The van der Waals surface area contributed by atoms with Crippen molar-refractivity contribution in [1.82, 2.24) is 15.5 Å². The highest BCUT2D eigenvalue weighted by atomic mass is 19.4. The Bertz CT molecular complexity index is 1220. The van der Waals surface area contributed by atoms with Crippen molar-refractivity contribution in [2.45, 2.75) is 77.0 Å². The first-order valence-electron chi connectivity index (χ1n) is 12.9. The summed E-state index contributed by atoms with van der Waals surface area (Å²) < 4.78 is 98.2. The number of carbonyl (C=O) groups excluding carboxylic acids is 2. The average Bonchev–Trinajstić information content (AvgIpc) is 2.81. The van der Waals surface area contributed by atoms with E-state index >= 15 is 0 Å². The summed E-state index contributed by atoms with van der Waals surface area (Å²) in [5.74, 6) is -0.471. The fraction of sp³-hybridized carbons (Fsp3) is 0.500. The number of alkyl carbamates (subject to hydrolysis) is 1. The SMILES string of the molecule is Cc1cc(F)ccc1[C@H]1C[C@@H](NC(=O)OC(C)(C)C)CCN1C(=O)NCCc1cc(C(F)(F)F)cc(C(F)(F)F)c1. The molecule has 3 amide bonds. The Labute approximate surface area is 233 Å². The second-order valence-corrected chi connectivity index (χ2v) is 11.0. The number of carbonyl (C=O) groups is 2. The van der Waals surface area contributed by atoms with Gasteiger partial charge < -0.3 is 20.3 Å². The molecule has 0 radical (unpaired) electrons. The molecule has 226 valence electrons. The fourth-order valence-electron chi connectivity index (χ4n) is 4.70. The number of likely N-dealkylation sites (tertiary alicyclic amines) is 1. The third kappa shape index (κ3) is 8.99. The van der Waals surface area contributed by atoms with Gasteiger partial charge in [0.05, 0.1) is 17.2 Å². The van der Waals surface area contributed by atoms with Gasteiger partial charge in [-0.25, -0.2) is 14.0 Å². The molecule has 0 aromatic heterocycles. The summed E-state index contributed by atoms with van der Waals surface area (Å²) in [6, 6.07) is 3.80. The van der Waals surface area contributed by atoms with E-state index in [4.69, 9.17) is 4.74 Å². The van der Waals surface area contributed by atoms with Crippen molar-refractivity contribution in [3.05, 3.63) is 70.0 Å². The van der Waals surface area contributed by atoms with E-state index in [9.17, 15) is 40.3 Å². The summed E-state index contributed by atoms with van der Waals surface area (Å²) in [5, 5.41) is 5.36. The third-order valence-corrected chi connectivity index (χ3v) is 6.51. The number of aryl methyl sites for hydroxylation is 1. The number of nitrogens with zero attached hydrogens (tertiary/aromatic N) is 1. The van der Waals surface area contributed by atoms with E-state index in [1.807, 2.05) is 0 Å². The highest BCUT2D eigenvalue weighted by Gasteiger charge is 2.37. The standard InChI is InChI=1S/C28H32F7N3O3/c1-16-11-20(29)5-6-22(16)23-15-21(37-25(40)41-26(2,3)4)8-10-38(23)24(39)36-9-7-17-12-18(27(30,31)32)14-19(13-17)28(33,34)35/h5-6,11-14,21,23H,7-10,15H2,1-4H3,(H,36,39)(H,37,40)/t21-,23+/m0/s1. The molecule has 1 saturated heterocycles. The maximum Gasteiger partial charge on any atom is 0.416 e. The van der Waals surface area contributed by atoms with Gasteiger partial charge in [0.2, 0.25) is 0 Å². The Hall–Kier alpha value is -3.51. The zero-order chi connectivity index (χ0) is 30.8. The number of amides is 3. The number of nitrogens with one attached hydrogen (secondary N) is 2. The fourth-order valence-corrected chi connectivity index (χ4v) is 4.70. The molecule has 1 heterocycles. The van der Waals surface area contributed by atoms with E-state index in [0.717, 1.165) is 0 Å². The quantitative estimate of drug-likeness (QED) is 0.363. The Morgan fingerprint density at radius 3 is 2.12 bits per heavy atom. The molecule has 3 rings (SSSR count). The smallest absolute Gasteiger partial charge is 0.416 e. The monoisotopic (exact) mass is 591 g/mol. The molecular formula is C28H32F7N3O3. The topological polar surface area (TPSA) is 70.7 Å². The van der Waals surface area contributed by atoms with Crippen LogP contribution in [-0.2, 0) is 23.5 Å². The van der Waals surface area contributed by atoms with Crippen LogP contribution in [0.3, 0.4) is 0 Å². The average molecular weight is 592 g/mol. The summed E-state index contributed by atoms with van der Waals surface area (Å²) in [4.78, 5) is 27.0. The number of halogens is 7. The van der Waals surface area contributed by atoms with E-state index in [0.29, 0.717) is 29.7 Å². The lowest BCUT2D eigenvalue weighted by atomic mass is 9.89. The van der Waals surface area contributed by atoms with Gasteiger partial charge in [-0.1, -0.05) is 6.07 Å². The Morgan fingerprint density at radius 1 is 0.976 bits per heavy atom. The summed E-state index contributed by atoms with van der Waals surface area (Å²) >= 11 is 0. The normalized spacial score (nSPS) is 18.2. The van der Waals surface area contributed by atoms with E-state index in [-0.39, 0.29) is 43.6 Å². The van der Waals surface area contributed by atoms with Gasteiger partial charge in [0.1, 0.15) is 11.4 Å². The molecule has 1 aliphatic rings. The van der Waals surface area contributed by atoms with Gasteiger partial charge in [-0.2, -0.15) is 26.3 Å². The lowest BCUT2D eigenvalue weighted by Gasteiger charge is -2.40. The molecule has 0 bridgehead atoms. The van der Waals surface area contributed by atoms with Crippen LogP contribution < -0.4 is 10.6 Å². The summed E-state index contributed by atoms with van der Waals surface area (Å²) in [6.45, 7) is 6.75. The molecule has 1 aliphatic heterocycles. The van der Waals surface area contributed by atoms with Crippen molar-refractivity contribution in [2.24, 2.45) is 0 Å². The largest absolute Gasteiger partial charge is 0.444 e. The van der Waals surface area contributed by atoms with Crippen LogP contribution in [0.5, 0.6) is 0 Å². The van der Waals surface area contributed by atoms with Crippen LogP contribution in [0, 0.1) is 12.7 Å². The molecule has 0 aliphatic carbocycles. The minimum absolute atomic E-state index is 0.0488. The first-order valence-corrected chi connectivity index (χ1v) is 12.9. The maximum atomic E-state index is 13.8. The first-order chi connectivity index (χ1) is 18.8. The summed E-state index contributed by atoms with van der Waals surface area (Å²) in [5.41, 5.74) is -2.63. The Balaban J connectivity index is 1.75. The minimum atomic E-state index is -4.98. The van der Waals surface area contributed by atoms with Gasteiger partial charge >= 0.3 is 24.5 Å². The zero-order valence-corrected chi connectivity index (χ0v) is 23.0. The Morgan fingerprint density at radius 2 is 1.59 bits per heavy atom. The van der Waals surface area contributed by atoms with Gasteiger partial charge in [0, 0.05) is 19.1 Å². The van der Waals surface area contributed by atoms with Crippen molar-refractivity contribution in [3.63, 3.8) is 0 Å². The van der Waals surface area contributed by atoms with Crippen molar-refractivity contribution >= 4 is 12.1 Å². The molecule has 13 heteroatoms. The maximum absolute atomic E-state index is 13.8. The molecule has 2 aromatic rings. The van der Waals surface area contributed by atoms with Crippen LogP contribution in [0.15, 0.2) is 36.4 Å². The lowest BCUT2D eigenvalue weighted by Crippen LogP contribution is -2.51. The van der Waals surface area contributed by atoms with E-state index in [1.54, 1.807) is 27.7 Å². The molecule has 0 saturated carbocycles. The summed E-state index contributed by atoms with van der Waals surface area (Å²) in [6.07, 6.45) is -10.2. The van der Waals surface area contributed by atoms with Crippen molar-refractivity contribution in [1.29, 1.82) is 0 Å². The zero-order valence-electron chi connectivity index (χ0n) is 23.0. The van der Waals surface area contributed by atoms with E-state index in [2.05, 4.69) is 10.6 Å². The molecule has 2 N–H and O–H groups in total. The van der Waals surface area contributed by atoms with Crippen LogP contribution in [-0.4, -0.2) is 41.8 Å². The number of hydrogen-bond acceptors (Lipinski definition) is 3. The predicted octanol–water partition coefficient (Wildman–Crippen LogP) is 7.15. The van der Waals surface area contributed by atoms with Crippen LogP contribution in [0.1, 0.15) is 67.5 Å². The minimum Gasteiger partial charge on any atom is -0.444 e. The van der Waals surface area contributed by atoms with Crippen LogP contribution >= 0.6 is 0 Å². The molecule has 2 aromatic carbocycles. The third-order valence-electron chi connectivity index (χ3n) is 6.51. The number of rotatable bonds is 5. The second kappa shape index (κ2) is 12.2. The van der Waals surface area contributed by atoms with Gasteiger partial charge in [0.15, 0.2) is 0 Å². The molecule has 41 heavy (non-hydrogen) atoms. The van der Waals surface area contributed by atoms with Crippen molar-refractivity contribution in [3.8, 4) is 0 Å². The Kier molecular flexibility index (Phi) is 9.49. The van der Waals surface area contributed by atoms with Gasteiger partial charge in [-0.3, -0.25) is 0 Å². The molecule has 0 spiro atoms. The van der Waals surface area contributed by atoms with E-state index in [1.165, 1.54) is 23.1 Å². The number of urea groups is 1. The van der Waals surface area contributed by atoms with Crippen molar-refractivity contribution in [2.75, 3.05) is 13.1 Å². The van der Waals surface area contributed by atoms with Gasteiger partial charge in [0.25, 0.3) is 0 Å². The predicted molar refractivity (Wildman–Crippen MR) is 137 cm³/mol. The number of piperidine rings is 1. The second-order valence-electron chi connectivity index (χ2n) is 11.0. The number of alkyl halides is 6. The molecule has 2 atom stereocenters. The van der Waals surface area contributed by atoms with Crippen molar-refractivity contribution < 1.29 is 45.1 Å². The molecule has 0 unspecified atom stereocenters. The lowest BCUT2D eigenvalue weighted by molar-refractivity contribution is -0.143. The molecular weight excluding hydrogens is 559 g/mol.